The van der Waals surface area contributed by atoms with Gasteiger partial charge in [-0.1, -0.05) is 35.5 Å². The topological polar surface area (TPSA) is 98.7 Å². The van der Waals surface area contributed by atoms with Crippen molar-refractivity contribution >= 4 is 5.91 Å². The van der Waals surface area contributed by atoms with E-state index in [1.165, 1.54) is 0 Å². The van der Waals surface area contributed by atoms with E-state index < -0.39 is 0 Å². The molecule has 4 aromatic rings. The quantitative estimate of drug-likeness (QED) is 0.576. The van der Waals surface area contributed by atoms with E-state index >= 15 is 0 Å². The lowest BCUT2D eigenvalue weighted by atomic mass is 10.1. The molecule has 0 radical (unpaired) electrons. The summed E-state index contributed by atoms with van der Waals surface area (Å²) in [6, 6.07) is 13.2. The number of aryl methyl sites for hydroxylation is 1. The van der Waals surface area contributed by atoms with Crippen molar-refractivity contribution in [1.29, 1.82) is 0 Å². The zero-order valence-corrected chi connectivity index (χ0v) is 15.4. The van der Waals surface area contributed by atoms with Crippen molar-refractivity contribution in [2.75, 3.05) is 0 Å². The third-order valence-electron chi connectivity index (χ3n) is 4.25. The molecule has 1 amide bonds. The van der Waals surface area contributed by atoms with E-state index in [1.54, 1.807) is 42.3 Å². The fourth-order valence-corrected chi connectivity index (χ4v) is 2.77. The van der Waals surface area contributed by atoms with Crippen LogP contribution in [0.1, 0.15) is 34.8 Å². The Hall–Kier alpha value is -3.81. The van der Waals surface area contributed by atoms with Crippen LogP contribution < -0.4 is 5.32 Å². The van der Waals surface area contributed by atoms with E-state index in [0.29, 0.717) is 23.2 Å². The van der Waals surface area contributed by atoms with Crippen LogP contribution >= 0.6 is 0 Å². The molecule has 140 valence electrons. The summed E-state index contributed by atoms with van der Waals surface area (Å²) >= 11 is 0. The van der Waals surface area contributed by atoms with Gasteiger partial charge in [0.05, 0.1) is 6.04 Å². The summed E-state index contributed by atoms with van der Waals surface area (Å²) < 4.78 is 6.87. The first-order chi connectivity index (χ1) is 13.6. The zero-order valence-electron chi connectivity index (χ0n) is 15.4. The number of pyridine rings is 1. The SMILES string of the molecule is Cc1noc(-c2ccnc(-n3cnc(C(=O)NC(C)c4ccccc4)c3)c2)n1. The monoisotopic (exact) mass is 374 g/mol. The molecule has 8 nitrogen and oxygen atoms in total. The van der Waals surface area contributed by atoms with Gasteiger partial charge in [0.25, 0.3) is 11.8 Å². The van der Waals surface area contributed by atoms with Crippen molar-refractivity contribution < 1.29 is 9.32 Å². The summed E-state index contributed by atoms with van der Waals surface area (Å²) in [6.45, 7) is 3.69. The number of nitrogens with one attached hydrogen (secondary N) is 1. The van der Waals surface area contributed by atoms with Crippen molar-refractivity contribution in [1.82, 2.24) is 30.0 Å². The molecule has 0 aliphatic carbocycles. The van der Waals surface area contributed by atoms with Gasteiger partial charge in [0.1, 0.15) is 17.8 Å². The van der Waals surface area contributed by atoms with Gasteiger partial charge >= 0.3 is 0 Å². The number of imidazole rings is 1. The van der Waals surface area contributed by atoms with Crippen molar-refractivity contribution in [2.45, 2.75) is 19.9 Å². The highest BCUT2D eigenvalue weighted by Crippen LogP contribution is 2.19. The van der Waals surface area contributed by atoms with E-state index in [2.05, 4.69) is 25.4 Å². The molecule has 3 aromatic heterocycles. The molecule has 0 bridgehead atoms. The molecule has 1 N–H and O–H groups in total. The van der Waals surface area contributed by atoms with Crippen molar-refractivity contribution in [2.24, 2.45) is 0 Å². The average Bonchev–Trinajstić information content (AvgIpc) is 3.38. The number of amides is 1. The third-order valence-corrected chi connectivity index (χ3v) is 4.25. The Morgan fingerprint density at radius 1 is 1.18 bits per heavy atom. The smallest absolute Gasteiger partial charge is 0.271 e. The Balaban J connectivity index is 1.52. The van der Waals surface area contributed by atoms with Crippen LogP contribution in [0.3, 0.4) is 0 Å². The molecule has 0 saturated heterocycles. The summed E-state index contributed by atoms with van der Waals surface area (Å²) in [5.74, 6) is 1.31. The van der Waals surface area contributed by atoms with E-state index in [4.69, 9.17) is 4.52 Å². The molecule has 4 rings (SSSR count). The maximum absolute atomic E-state index is 12.5. The van der Waals surface area contributed by atoms with Crippen molar-refractivity contribution in [3.8, 4) is 17.3 Å². The largest absolute Gasteiger partial charge is 0.344 e. The molecule has 28 heavy (non-hydrogen) atoms. The number of hydrogen-bond donors (Lipinski definition) is 1. The fourth-order valence-electron chi connectivity index (χ4n) is 2.77. The highest BCUT2D eigenvalue weighted by molar-refractivity contribution is 5.92. The van der Waals surface area contributed by atoms with Crippen LogP contribution in [0.15, 0.2) is 65.7 Å². The first kappa shape index (κ1) is 17.6. The Bertz CT molecular complexity index is 1100. The normalized spacial score (nSPS) is 11.9. The van der Waals surface area contributed by atoms with Gasteiger partial charge in [-0.15, -0.1) is 0 Å². The molecule has 0 saturated carbocycles. The number of rotatable bonds is 5. The molecule has 0 aliphatic heterocycles. The van der Waals surface area contributed by atoms with Crippen LogP contribution in [-0.4, -0.2) is 30.6 Å². The second kappa shape index (κ2) is 7.43. The Kier molecular flexibility index (Phi) is 4.67. The van der Waals surface area contributed by atoms with Crippen LogP contribution in [0.2, 0.25) is 0 Å². The second-order valence-electron chi connectivity index (χ2n) is 6.32. The minimum Gasteiger partial charge on any atom is -0.344 e. The fraction of sp³-hybridized carbons (Fsp3) is 0.150. The molecule has 0 aliphatic rings. The summed E-state index contributed by atoms with van der Waals surface area (Å²) in [7, 11) is 0. The summed E-state index contributed by atoms with van der Waals surface area (Å²) in [5.41, 5.74) is 2.08. The van der Waals surface area contributed by atoms with Crippen LogP contribution in [-0.2, 0) is 0 Å². The lowest BCUT2D eigenvalue weighted by Crippen LogP contribution is -2.26. The van der Waals surface area contributed by atoms with E-state index in [1.807, 2.05) is 37.3 Å². The number of carbonyl (C=O) groups excluding carboxylic acids is 1. The van der Waals surface area contributed by atoms with Gasteiger partial charge in [-0.25, -0.2) is 9.97 Å². The van der Waals surface area contributed by atoms with Gasteiger partial charge in [0.2, 0.25) is 0 Å². The molecule has 0 spiro atoms. The minimum absolute atomic E-state index is 0.124. The first-order valence-electron chi connectivity index (χ1n) is 8.77. The van der Waals surface area contributed by atoms with Gasteiger partial charge in [-0.2, -0.15) is 4.98 Å². The number of nitrogens with zero attached hydrogens (tertiary/aromatic N) is 5. The van der Waals surface area contributed by atoms with Crippen LogP contribution in [0.25, 0.3) is 17.3 Å². The Morgan fingerprint density at radius 2 is 2.00 bits per heavy atom. The predicted octanol–water partition coefficient (Wildman–Crippen LogP) is 3.12. The molecular weight excluding hydrogens is 356 g/mol. The van der Waals surface area contributed by atoms with E-state index in [0.717, 1.165) is 11.1 Å². The van der Waals surface area contributed by atoms with Crippen LogP contribution in [0, 0.1) is 6.92 Å². The van der Waals surface area contributed by atoms with Gasteiger partial charge in [0.15, 0.2) is 5.82 Å². The standard InChI is InChI=1S/C20H18N6O2/c1-13(15-6-4-3-5-7-15)23-19(27)17-11-26(12-22-17)18-10-16(8-9-21-18)20-24-14(2)25-28-20/h3-13H,1-2H3,(H,23,27). The summed E-state index contributed by atoms with van der Waals surface area (Å²) in [4.78, 5) is 25.3. The molecule has 8 heteroatoms. The predicted molar refractivity (Wildman–Crippen MR) is 102 cm³/mol. The van der Waals surface area contributed by atoms with Gasteiger partial charge in [-0.05, 0) is 31.5 Å². The van der Waals surface area contributed by atoms with Crippen molar-refractivity contribution in [3.63, 3.8) is 0 Å². The van der Waals surface area contributed by atoms with Crippen molar-refractivity contribution in [3.05, 3.63) is 78.3 Å². The van der Waals surface area contributed by atoms with Crippen LogP contribution in [0.4, 0.5) is 0 Å². The second-order valence-corrected chi connectivity index (χ2v) is 6.32. The van der Waals surface area contributed by atoms with E-state index in [-0.39, 0.29) is 11.9 Å². The molecule has 1 atom stereocenters. The lowest BCUT2D eigenvalue weighted by molar-refractivity contribution is 0.0935. The molecule has 1 unspecified atom stereocenters. The number of hydrogen-bond acceptors (Lipinski definition) is 6. The van der Waals surface area contributed by atoms with Gasteiger partial charge in [-0.3, -0.25) is 9.36 Å². The molecule has 3 heterocycles. The van der Waals surface area contributed by atoms with Crippen LogP contribution in [0.5, 0.6) is 0 Å². The summed E-state index contributed by atoms with van der Waals surface area (Å²) in [6.07, 6.45) is 4.83. The Morgan fingerprint density at radius 3 is 2.75 bits per heavy atom. The number of aromatic nitrogens is 5. The number of carbonyl (C=O) groups is 1. The lowest BCUT2D eigenvalue weighted by Gasteiger charge is -2.13. The highest BCUT2D eigenvalue weighted by atomic mass is 16.5. The zero-order chi connectivity index (χ0) is 19.5. The summed E-state index contributed by atoms with van der Waals surface area (Å²) in [5, 5.41) is 6.75. The highest BCUT2D eigenvalue weighted by Gasteiger charge is 2.15. The third kappa shape index (κ3) is 3.66. The Labute approximate surface area is 161 Å². The minimum atomic E-state index is -0.251. The maximum atomic E-state index is 12.5. The molecule has 0 fully saturated rings. The molecule has 1 aromatic carbocycles. The van der Waals surface area contributed by atoms with Gasteiger partial charge < -0.3 is 9.84 Å². The molecular formula is C20H18N6O2. The first-order valence-corrected chi connectivity index (χ1v) is 8.77. The maximum Gasteiger partial charge on any atom is 0.271 e. The van der Waals surface area contributed by atoms with E-state index in [9.17, 15) is 4.79 Å². The van der Waals surface area contributed by atoms with Gasteiger partial charge in [0, 0.05) is 18.0 Å². The average molecular weight is 374 g/mol. The number of benzene rings is 1.